The number of carbonyl (C=O) groups excluding carboxylic acids is 1. The van der Waals surface area contributed by atoms with Gasteiger partial charge in [-0.1, -0.05) is 19.1 Å². The van der Waals surface area contributed by atoms with Gasteiger partial charge in [-0.2, -0.15) is 0 Å². The summed E-state index contributed by atoms with van der Waals surface area (Å²) in [5.41, 5.74) is 1.22. The van der Waals surface area contributed by atoms with Crippen molar-refractivity contribution in [1.29, 1.82) is 0 Å². The van der Waals surface area contributed by atoms with Gasteiger partial charge in [-0.25, -0.2) is 4.79 Å². The third-order valence-corrected chi connectivity index (χ3v) is 2.18. The average Bonchev–Trinajstić information content (AvgIpc) is 2.35. The minimum absolute atomic E-state index is 0.167. The number of hydrogen-bond acceptors (Lipinski definition) is 3. The maximum Gasteiger partial charge on any atom is 0.394 e. The van der Waals surface area contributed by atoms with Crippen LogP contribution in [-0.2, 0) is 16.0 Å². The standard InChI is InChI=1S/C12H15NO4/c1-2-9-3-5-10(6-4-9)17-8-7-13-11(14)12(15)16/h3-6H,2,7-8H2,1H3,(H,13,14)(H,15,16). The van der Waals surface area contributed by atoms with Crippen molar-refractivity contribution in [2.24, 2.45) is 0 Å². The van der Waals surface area contributed by atoms with Crippen LogP contribution in [-0.4, -0.2) is 30.1 Å². The lowest BCUT2D eigenvalue weighted by Gasteiger charge is -2.06. The lowest BCUT2D eigenvalue weighted by Crippen LogP contribution is -2.33. The van der Waals surface area contributed by atoms with Crippen molar-refractivity contribution < 1.29 is 19.4 Å². The number of carboxylic acid groups (broad SMARTS) is 1. The van der Waals surface area contributed by atoms with E-state index in [1.54, 1.807) is 0 Å². The lowest BCUT2D eigenvalue weighted by atomic mass is 10.2. The number of aryl methyl sites for hydroxylation is 1. The smallest absolute Gasteiger partial charge is 0.394 e. The fourth-order valence-corrected chi connectivity index (χ4v) is 1.23. The highest BCUT2D eigenvalue weighted by Crippen LogP contribution is 2.11. The number of carbonyl (C=O) groups is 2. The maximum atomic E-state index is 10.7. The van der Waals surface area contributed by atoms with Gasteiger partial charge >= 0.3 is 11.9 Å². The van der Waals surface area contributed by atoms with Gasteiger partial charge in [0.1, 0.15) is 12.4 Å². The molecule has 1 aromatic rings. The maximum absolute atomic E-state index is 10.7. The summed E-state index contributed by atoms with van der Waals surface area (Å²) in [7, 11) is 0. The van der Waals surface area contributed by atoms with E-state index < -0.39 is 11.9 Å². The van der Waals surface area contributed by atoms with E-state index in [9.17, 15) is 9.59 Å². The molecule has 17 heavy (non-hydrogen) atoms. The Hall–Kier alpha value is -2.04. The molecule has 1 aromatic carbocycles. The van der Waals surface area contributed by atoms with Gasteiger partial charge in [0.25, 0.3) is 0 Å². The summed E-state index contributed by atoms with van der Waals surface area (Å²) in [4.78, 5) is 20.9. The zero-order valence-electron chi connectivity index (χ0n) is 9.60. The molecule has 5 nitrogen and oxygen atoms in total. The van der Waals surface area contributed by atoms with Crippen LogP contribution in [0.5, 0.6) is 5.75 Å². The van der Waals surface area contributed by atoms with Crippen LogP contribution in [0, 0.1) is 0 Å². The summed E-state index contributed by atoms with van der Waals surface area (Å²) >= 11 is 0. The fourth-order valence-electron chi connectivity index (χ4n) is 1.23. The van der Waals surface area contributed by atoms with Crippen molar-refractivity contribution in [3.8, 4) is 5.75 Å². The molecule has 5 heteroatoms. The number of hydrogen-bond donors (Lipinski definition) is 2. The molecule has 1 amide bonds. The van der Waals surface area contributed by atoms with Gasteiger partial charge in [0.2, 0.25) is 0 Å². The molecular formula is C12H15NO4. The van der Waals surface area contributed by atoms with E-state index >= 15 is 0 Å². The number of aliphatic carboxylic acids is 1. The van der Waals surface area contributed by atoms with E-state index in [1.807, 2.05) is 24.3 Å². The van der Waals surface area contributed by atoms with Crippen molar-refractivity contribution in [3.63, 3.8) is 0 Å². The second kappa shape index (κ2) is 6.52. The Morgan fingerprint density at radius 1 is 1.29 bits per heavy atom. The first-order chi connectivity index (χ1) is 8.13. The summed E-state index contributed by atoms with van der Waals surface area (Å²) in [6, 6.07) is 7.62. The Balaban J connectivity index is 2.26. The Labute approximate surface area is 99.4 Å². The van der Waals surface area contributed by atoms with Crippen LogP contribution in [0.3, 0.4) is 0 Å². The van der Waals surface area contributed by atoms with Crippen LogP contribution in [0.4, 0.5) is 0 Å². The predicted molar refractivity (Wildman–Crippen MR) is 62.0 cm³/mol. The van der Waals surface area contributed by atoms with Gasteiger partial charge in [0.15, 0.2) is 0 Å². The number of rotatable bonds is 5. The summed E-state index contributed by atoms with van der Waals surface area (Å²) in [6.07, 6.45) is 0.967. The molecule has 0 aromatic heterocycles. The summed E-state index contributed by atoms with van der Waals surface area (Å²) < 4.78 is 5.33. The van der Waals surface area contributed by atoms with Crippen molar-refractivity contribution >= 4 is 11.9 Å². The molecular weight excluding hydrogens is 222 g/mol. The number of carboxylic acids is 1. The minimum atomic E-state index is -1.49. The molecule has 0 fully saturated rings. The Morgan fingerprint density at radius 3 is 2.47 bits per heavy atom. The Kier molecular flexibility index (Phi) is 5.00. The van der Waals surface area contributed by atoms with E-state index in [1.165, 1.54) is 5.56 Å². The molecule has 0 saturated heterocycles. The summed E-state index contributed by atoms with van der Waals surface area (Å²) in [6.45, 7) is 2.47. The molecule has 0 heterocycles. The molecule has 0 atom stereocenters. The van der Waals surface area contributed by atoms with Crippen LogP contribution in [0.25, 0.3) is 0 Å². The number of amides is 1. The van der Waals surface area contributed by atoms with E-state index in [-0.39, 0.29) is 13.2 Å². The third kappa shape index (κ3) is 4.55. The van der Waals surface area contributed by atoms with Gasteiger partial charge in [-0.05, 0) is 24.1 Å². The normalized spacial score (nSPS) is 9.71. The predicted octanol–water partition coefficient (Wildman–Crippen LogP) is 0.829. The molecule has 1 rings (SSSR count). The largest absolute Gasteiger partial charge is 0.492 e. The summed E-state index contributed by atoms with van der Waals surface area (Å²) in [5.74, 6) is -1.81. The van der Waals surface area contributed by atoms with Crippen LogP contribution in [0.15, 0.2) is 24.3 Å². The van der Waals surface area contributed by atoms with Gasteiger partial charge in [0, 0.05) is 0 Å². The molecule has 0 unspecified atom stereocenters. The average molecular weight is 237 g/mol. The van der Waals surface area contributed by atoms with Gasteiger partial charge in [-0.3, -0.25) is 4.79 Å². The van der Waals surface area contributed by atoms with Crippen LogP contribution in [0.2, 0.25) is 0 Å². The monoisotopic (exact) mass is 237 g/mol. The Bertz CT molecular complexity index is 386. The quantitative estimate of drug-likeness (QED) is 0.587. The van der Waals surface area contributed by atoms with Gasteiger partial charge in [-0.15, -0.1) is 0 Å². The first-order valence-electron chi connectivity index (χ1n) is 5.36. The van der Waals surface area contributed by atoms with E-state index in [0.717, 1.165) is 6.42 Å². The second-order valence-corrected chi connectivity index (χ2v) is 3.41. The molecule has 0 aliphatic heterocycles. The van der Waals surface area contributed by atoms with Gasteiger partial charge < -0.3 is 15.2 Å². The van der Waals surface area contributed by atoms with Crippen LogP contribution in [0.1, 0.15) is 12.5 Å². The number of benzene rings is 1. The third-order valence-electron chi connectivity index (χ3n) is 2.18. The number of ether oxygens (including phenoxy) is 1. The molecule has 0 aliphatic carbocycles. The fraction of sp³-hybridized carbons (Fsp3) is 0.333. The molecule has 0 radical (unpaired) electrons. The highest BCUT2D eigenvalue weighted by Gasteiger charge is 2.08. The minimum Gasteiger partial charge on any atom is -0.492 e. The zero-order valence-corrected chi connectivity index (χ0v) is 9.60. The van der Waals surface area contributed by atoms with E-state index in [2.05, 4.69) is 12.2 Å². The molecule has 0 saturated carbocycles. The van der Waals surface area contributed by atoms with Crippen LogP contribution < -0.4 is 10.1 Å². The van der Waals surface area contributed by atoms with Crippen molar-refractivity contribution in [2.75, 3.05) is 13.2 Å². The molecule has 0 bridgehead atoms. The molecule has 0 spiro atoms. The molecule has 92 valence electrons. The van der Waals surface area contributed by atoms with Crippen molar-refractivity contribution in [3.05, 3.63) is 29.8 Å². The van der Waals surface area contributed by atoms with Crippen molar-refractivity contribution in [2.45, 2.75) is 13.3 Å². The Morgan fingerprint density at radius 2 is 1.94 bits per heavy atom. The van der Waals surface area contributed by atoms with Crippen LogP contribution >= 0.6 is 0 Å². The lowest BCUT2D eigenvalue weighted by molar-refractivity contribution is -0.150. The molecule has 2 N–H and O–H groups in total. The zero-order chi connectivity index (χ0) is 12.7. The van der Waals surface area contributed by atoms with E-state index in [4.69, 9.17) is 9.84 Å². The van der Waals surface area contributed by atoms with Gasteiger partial charge in [0.05, 0.1) is 6.54 Å². The number of nitrogens with one attached hydrogen (secondary N) is 1. The first kappa shape index (κ1) is 13.0. The second-order valence-electron chi connectivity index (χ2n) is 3.41. The highest BCUT2D eigenvalue weighted by atomic mass is 16.5. The SMILES string of the molecule is CCc1ccc(OCCNC(=O)C(=O)O)cc1. The first-order valence-corrected chi connectivity index (χ1v) is 5.36. The highest BCUT2D eigenvalue weighted by molar-refractivity contribution is 6.31. The van der Waals surface area contributed by atoms with Crippen molar-refractivity contribution in [1.82, 2.24) is 5.32 Å². The van der Waals surface area contributed by atoms with E-state index in [0.29, 0.717) is 5.75 Å². The topological polar surface area (TPSA) is 75.6 Å². The molecule has 0 aliphatic rings. The summed E-state index contributed by atoms with van der Waals surface area (Å²) in [5, 5.41) is 10.5.